The van der Waals surface area contributed by atoms with Crippen LogP contribution in [0.2, 0.25) is 0 Å². The van der Waals surface area contributed by atoms with Gasteiger partial charge in [-0.15, -0.1) is 0 Å². The molecule has 4 rings (SSSR count). The van der Waals surface area contributed by atoms with Gasteiger partial charge < -0.3 is 19.9 Å². The van der Waals surface area contributed by atoms with Crippen LogP contribution in [0.5, 0.6) is 5.75 Å². The van der Waals surface area contributed by atoms with E-state index in [9.17, 15) is 19.2 Å². The summed E-state index contributed by atoms with van der Waals surface area (Å²) in [6, 6.07) is 6.55. The molecule has 2 N–H and O–H groups in total. The fourth-order valence-electron chi connectivity index (χ4n) is 4.26. The van der Waals surface area contributed by atoms with Crippen LogP contribution in [-0.4, -0.2) is 71.5 Å². The van der Waals surface area contributed by atoms with Crippen LogP contribution in [0.3, 0.4) is 0 Å². The van der Waals surface area contributed by atoms with Crippen molar-refractivity contribution in [3.8, 4) is 5.75 Å². The molecule has 0 spiro atoms. The lowest BCUT2D eigenvalue weighted by molar-refractivity contribution is -0.139. The summed E-state index contributed by atoms with van der Waals surface area (Å²) in [6.07, 6.45) is 2.75. The molecule has 10 heteroatoms. The minimum Gasteiger partial charge on any atom is -0.477 e. The Labute approximate surface area is 186 Å². The van der Waals surface area contributed by atoms with Gasteiger partial charge in [-0.05, 0) is 44.7 Å². The second-order valence-electron chi connectivity index (χ2n) is 8.63. The maximum absolute atomic E-state index is 13.0. The molecule has 32 heavy (non-hydrogen) atoms. The van der Waals surface area contributed by atoms with Crippen molar-refractivity contribution in [3.63, 3.8) is 0 Å². The van der Waals surface area contributed by atoms with E-state index in [2.05, 4.69) is 10.7 Å². The highest BCUT2D eigenvalue weighted by Crippen LogP contribution is 2.33. The van der Waals surface area contributed by atoms with E-state index in [1.165, 1.54) is 0 Å². The minimum absolute atomic E-state index is 0.0857. The number of piperidine rings is 1. The lowest BCUT2D eigenvalue weighted by Crippen LogP contribution is -2.55. The van der Waals surface area contributed by atoms with Crippen LogP contribution in [0.4, 0.5) is 10.5 Å². The van der Waals surface area contributed by atoms with Gasteiger partial charge in [-0.3, -0.25) is 19.8 Å². The molecule has 3 aliphatic heterocycles. The number of hydrazine groups is 1. The predicted octanol–water partition coefficient (Wildman–Crippen LogP) is 1.02. The molecule has 0 bridgehead atoms. The van der Waals surface area contributed by atoms with E-state index >= 15 is 0 Å². The van der Waals surface area contributed by atoms with E-state index in [1.807, 2.05) is 23.1 Å². The van der Waals surface area contributed by atoms with Crippen molar-refractivity contribution in [2.24, 2.45) is 0 Å². The summed E-state index contributed by atoms with van der Waals surface area (Å²) in [5, 5.41) is 3.33. The van der Waals surface area contributed by atoms with Gasteiger partial charge in [-0.25, -0.2) is 4.79 Å². The number of hydrogen-bond acceptors (Lipinski definition) is 6. The number of nitrogens with zero attached hydrogens (tertiary/aromatic N) is 3. The number of carbonyl (C=O) groups is 4. The highest BCUT2D eigenvalue weighted by Gasteiger charge is 2.47. The maximum Gasteiger partial charge on any atom is 0.344 e. The quantitative estimate of drug-likeness (QED) is 0.658. The van der Waals surface area contributed by atoms with Crippen LogP contribution in [0.25, 0.3) is 0 Å². The third-order valence-corrected chi connectivity index (χ3v) is 6.34. The molecule has 10 nitrogen and oxygen atoms in total. The lowest BCUT2D eigenvalue weighted by Gasteiger charge is -2.38. The number of anilines is 1. The number of nitrogens with one attached hydrogen (secondary N) is 2. The molecule has 3 aliphatic rings. The number of urea groups is 1. The molecule has 1 aromatic rings. The van der Waals surface area contributed by atoms with E-state index in [0.717, 1.165) is 24.3 Å². The van der Waals surface area contributed by atoms with Crippen molar-refractivity contribution in [1.29, 1.82) is 0 Å². The van der Waals surface area contributed by atoms with Gasteiger partial charge in [0.25, 0.3) is 17.7 Å². The second kappa shape index (κ2) is 8.68. The lowest BCUT2D eigenvalue weighted by atomic mass is 10.00. The smallest absolute Gasteiger partial charge is 0.344 e. The largest absolute Gasteiger partial charge is 0.477 e. The average Bonchev–Trinajstić information content (AvgIpc) is 3.02. The number of rotatable bonds is 5. The number of amides is 5. The number of likely N-dealkylation sites (tertiary alicyclic amines) is 1. The SMILES string of the molecule is CC[C@]1(C)NC(=O)N(NC(=O)CN2C[C@H](C(=O)N3CCCCC3)Oc3ccccc32)C1=O. The molecule has 5 amide bonds. The number of fused-ring (bicyclic) bond motifs is 1. The van der Waals surface area contributed by atoms with Crippen molar-refractivity contribution in [2.75, 3.05) is 31.1 Å². The number of para-hydroxylation sites is 2. The van der Waals surface area contributed by atoms with E-state index in [0.29, 0.717) is 30.9 Å². The highest BCUT2D eigenvalue weighted by atomic mass is 16.5. The molecule has 0 aliphatic carbocycles. The summed E-state index contributed by atoms with van der Waals surface area (Å²) in [7, 11) is 0. The van der Waals surface area contributed by atoms with Crippen LogP contribution >= 0.6 is 0 Å². The number of benzene rings is 1. The molecule has 2 saturated heterocycles. The Bertz CT molecular complexity index is 931. The van der Waals surface area contributed by atoms with Crippen LogP contribution in [0.15, 0.2) is 24.3 Å². The van der Waals surface area contributed by atoms with Gasteiger partial charge in [0, 0.05) is 13.1 Å². The molecule has 2 atom stereocenters. The Hall–Kier alpha value is -3.30. The molecule has 0 unspecified atom stereocenters. The predicted molar refractivity (Wildman–Crippen MR) is 116 cm³/mol. The summed E-state index contributed by atoms with van der Waals surface area (Å²) in [4.78, 5) is 54.1. The molecule has 2 fully saturated rings. The first kappa shape index (κ1) is 21.9. The Kier molecular flexibility index (Phi) is 5.94. The third kappa shape index (κ3) is 4.09. The standard InChI is InChI=1S/C22H29N5O5/c1-3-22(2)20(30)27(21(31)23-22)24-18(28)14-26-13-17(19(29)25-11-7-4-8-12-25)32-16-10-6-5-9-15(16)26/h5-6,9-10,17H,3-4,7-8,11-14H2,1-2H3,(H,23,31)(H,24,28)/t17-,22+/m1/s1. The number of carbonyl (C=O) groups excluding carboxylic acids is 4. The second-order valence-corrected chi connectivity index (χ2v) is 8.63. The van der Waals surface area contributed by atoms with E-state index in [4.69, 9.17) is 4.74 Å². The first-order valence-corrected chi connectivity index (χ1v) is 11.1. The van der Waals surface area contributed by atoms with Crippen molar-refractivity contribution in [3.05, 3.63) is 24.3 Å². The Morgan fingerprint density at radius 1 is 1.19 bits per heavy atom. The summed E-state index contributed by atoms with van der Waals surface area (Å²) in [5.74, 6) is -0.596. The van der Waals surface area contributed by atoms with Gasteiger partial charge in [-0.1, -0.05) is 19.1 Å². The normalized spacial score (nSPS) is 25.2. The van der Waals surface area contributed by atoms with E-state index in [1.54, 1.807) is 24.8 Å². The number of ether oxygens (including phenoxy) is 1. The van der Waals surface area contributed by atoms with Crippen molar-refractivity contribution >= 4 is 29.4 Å². The Balaban J connectivity index is 1.47. The minimum atomic E-state index is -1.04. The van der Waals surface area contributed by atoms with E-state index < -0.39 is 29.5 Å². The maximum atomic E-state index is 13.0. The summed E-state index contributed by atoms with van der Waals surface area (Å²) in [5.41, 5.74) is 2.05. The Morgan fingerprint density at radius 3 is 2.59 bits per heavy atom. The molecular formula is C22H29N5O5. The molecule has 3 heterocycles. The fraction of sp³-hybridized carbons (Fsp3) is 0.545. The van der Waals surface area contributed by atoms with Gasteiger partial charge in [-0.2, -0.15) is 5.01 Å². The van der Waals surface area contributed by atoms with Crippen LogP contribution in [0, 0.1) is 0 Å². The number of hydrogen-bond donors (Lipinski definition) is 2. The van der Waals surface area contributed by atoms with Gasteiger partial charge >= 0.3 is 6.03 Å². The zero-order valence-corrected chi connectivity index (χ0v) is 18.4. The molecule has 0 saturated carbocycles. The van der Waals surface area contributed by atoms with Crippen LogP contribution in [-0.2, 0) is 14.4 Å². The topological polar surface area (TPSA) is 111 Å². The first-order valence-electron chi connectivity index (χ1n) is 11.1. The summed E-state index contributed by atoms with van der Waals surface area (Å²) >= 11 is 0. The van der Waals surface area contributed by atoms with Gasteiger partial charge in [0.05, 0.1) is 18.8 Å². The summed E-state index contributed by atoms with van der Waals surface area (Å²) < 4.78 is 5.97. The molecule has 0 aromatic heterocycles. The third-order valence-electron chi connectivity index (χ3n) is 6.34. The first-order chi connectivity index (χ1) is 15.3. The van der Waals surface area contributed by atoms with Gasteiger partial charge in [0.2, 0.25) is 0 Å². The fourth-order valence-corrected chi connectivity index (χ4v) is 4.26. The highest BCUT2D eigenvalue weighted by molar-refractivity contribution is 6.07. The van der Waals surface area contributed by atoms with Crippen molar-refractivity contribution in [1.82, 2.24) is 20.7 Å². The summed E-state index contributed by atoms with van der Waals surface area (Å²) in [6.45, 7) is 4.89. The van der Waals surface area contributed by atoms with Gasteiger partial charge in [0.15, 0.2) is 6.10 Å². The van der Waals surface area contributed by atoms with Crippen LogP contribution < -0.4 is 20.4 Å². The molecule has 0 radical (unpaired) electrons. The Morgan fingerprint density at radius 2 is 1.91 bits per heavy atom. The molecule has 1 aromatic carbocycles. The zero-order chi connectivity index (χ0) is 22.9. The van der Waals surface area contributed by atoms with Crippen molar-refractivity contribution < 1.29 is 23.9 Å². The molecule has 172 valence electrons. The number of imide groups is 1. The average molecular weight is 444 g/mol. The molecular weight excluding hydrogens is 414 g/mol. The van der Waals surface area contributed by atoms with Crippen molar-refractivity contribution in [2.45, 2.75) is 51.2 Å². The van der Waals surface area contributed by atoms with Crippen LogP contribution in [0.1, 0.15) is 39.5 Å². The monoisotopic (exact) mass is 443 g/mol. The van der Waals surface area contributed by atoms with Gasteiger partial charge in [0.1, 0.15) is 11.3 Å². The van der Waals surface area contributed by atoms with E-state index in [-0.39, 0.29) is 19.0 Å². The zero-order valence-electron chi connectivity index (χ0n) is 18.4.